The molecule has 0 aromatic carbocycles. The van der Waals surface area contributed by atoms with Crippen molar-refractivity contribution in [2.75, 3.05) is 32.4 Å². The lowest BCUT2D eigenvalue weighted by molar-refractivity contribution is -0.134. The van der Waals surface area contributed by atoms with E-state index in [0.29, 0.717) is 32.6 Å². The number of nitrogens with zero attached hydrogens (tertiary/aromatic N) is 2. The van der Waals surface area contributed by atoms with E-state index in [4.69, 9.17) is 5.73 Å². The molecule has 0 radical (unpaired) electrons. The van der Waals surface area contributed by atoms with Crippen LogP contribution < -0.4 is 21.7 Å². The average molecular weight is 445 g/mol. The highest BCUT2D eigenvalue weighted by atomic mass is 32.2. The Morgan fingerprint density at radius 1 is 1.17 bits per heavy atom. The molecule has 2 heterocycles. The van der Waals surface area contributed by atoms with E-state index in [9.17, 15) is 18.0 Å². The zero-order chi connectivity index (χ0) is 22.1. The fourth-order valence-corrected chi connectivity index (χ4v) is 6.42. The normalized spacial score (nSPS) is 36.4. The van der Waals surface area contributed by atoms with Gasteiger partial charge in [0.05, 0.1) is 17.3 Å². The van der Waals surface area contributed by atoms with Gasteiger partial charge in [-0.25, -0.2) is 8.42 Å². The smallest absolute Gasteiger partial charge is 0.224 e. The number of nitrogens with two attached hydrogens (primary N) is 1. The number of amides is 2. The quantitative estimate of drug-likeness (QED) is 0.397. The van der Waals surface area contributed by atoms with Crippen molar-refractivity contribution in [3.8, 4) is 0 Å². The maximum Gasteiger partial charge on any atom is 0.224 e. The number of primary amides is 1. The molecule has 5 N–H and O–H groups in total. The Morgan fingerprint density at radius 2 is 1.87 bits per heavy atom. The second kappa shape index (κ2) is 9.47. The molecule has 30 heavy (non-hydrogen) atoms. The summed E-state index contributed by atoms with van der Waals surface area (Å²) in [6.07, 6.45) is 3.93. The minimum atomic E-state index is -3.19. The van der Waals surface area contributed by atoms with Gasteiger partial charge < -0.3 is 10.6 Å². The van der Waals surface area contributed by atoms with E-state index < -0.39 is 33.1 Å². The summed E-state index contributed by atoms with van der Waals surface area (Å²) in [7, 11) is -3.19. The summed E-state index contributed by atoms with van der Waals surface area (Å²) in [4.78, 5) is 27.8. The SMILES string of the molecule is CC(=O)N1CCN(C2NCC(C(N)=O)C(NC3CCCCC3S(C)(=O)=O)N2)C(C)C1. The van der Waals surface area contributed by atoms with Crippen molar-refractivity contribution < 1.29 is 18.0 Å². The first-order chi connectivity index (χ1) is 14.1. The second-order valence-electron chi connectivity index (χ2n) is 8.94. The number of sulfone groups is 1. The van der Waals surface area contributed by atoms with Crippen LogP contribution in [0.1, 0.15) is 39.5 Å². The minimum absolute atomic E-state index is 0.0727. The molecule has 0 spiro atoms. The van der Waals surface area contributed by atoms with Gasteiger partial charge in [-0.05, 0) is 19.8 Å². The molecule has 3 rings (SSSR count). The van der Waals surface area contributed by atoms with Gasteiger partial charge in [-0.3, -0.25) is 30.4 Å². The third-order valence-corrected chi connectivity index (χ3v) is 8.40. The van der Waals surface area contributed by atoms with Crippen LogP contribution in [0.4, 0.5) is 0 Å². The van der Waals surface area contributed by atoms with E-state index in [-0.39, 0.29) is 24.3 Å². The third-order valence-electron chi connectivity index (χ3n) is 6.74. The van der Waals surface area contributed by atoms with E-state index in [1.807, 2.05) is 4.90 Å². The highest BCUT2D eigenvalue weighted by Gasteiger charge is 2.41. The standard InChI is InChI=1S/C19H36N6O4S/c1-12-11-24(13(2)26)8-9-25(12)19-21-10-14(17(20)27)18(23-19)22-15-6-4-5-7-16(15)30(3,28)29/h12,14-16,18-19,21-23H,4-11H2,1-3H3,(H2,20,27). The Kier molecular flexibility index (Phi) is 7.39. The summed E-state index contributed by atoms with van der Waals surface area (Å²) >= 11 is 0. The number of carbonyl (C=O) groups excluding carboxylic acids is 2. The van der Waals surface area contributed by atoms with Gasteiger partial charge in [0.15, 0.2) is 9.84 Å². The summed E-state index contributed by atoms with van der Waals surface area (Å²) in [6.45, 7) is 6.05. The number of nitrogens with one attached hydrogen (secondary N) is 3. The lowest BCUT2D eigenvalue weighted by atomic mass is 9.93. The number of piperazine rings is 1. The van der Waals surface area contributed by atoms with Crippen LogP contribution in [0.5, 0.6) is 0 Å². The molecule has 3 aliphatic rings. The number of hydrogen-bond acceptors (Lipinski definition) is 8. The molecule has 6 unspecified atom stereocenters. The van der Waals surface area contributed by atoms with Gasteiger partial charge >= 0.3 is 0 Å². The fraction of sp³-hybridized carbons (Fsp3) is 0.895. The van der Waals surface area contributed by atoms with Gasteiger partial charge in [-0.1, -0.05) is 12.8 Å². The monoisotopic (exact) mass is 444 g/mol. The van der Waals surface area contributed by atoms with Gasteiger partial charge in [0.25, 0.3) is 0 Å². The predicted molar refractivity (Wildman–Crippen MR) is 114 cm³/mol. The molecule has 0 bridgehead atoms. The molecule has 2 aliphatic heterocycles. The lowest BCUT2D eigenvalue weighted by Crippen LogP contribution is -2.74. The average Bonchev–Trinajstić information content (AvgIpc) is 2.67. The molecule has 0 aromatic heterocycles. The van der Waals surface area contributed by atoms with E-state index >= 15 is 0 Å². The van der Waals surface area contributed by atoms with Crippen LogP contribution in [0, 0.1) is 5.92 Å². The number of hydrogen-bond donors (Lipinski definition) is 4. The van der Waals surface area contributed by atoms with Crippen LogP contribution in [0.3, 0.4) is 0 Å². The zero-order valence-electron chi connectivity index (χ0n) is 18.1. The summed E-state index contributed by atoms with van der Waals surface area (Å²) in [5, 5.41) is 9.79. The summed E-state index contributed by atoms with van der Waals surface area (Å²) in [5.74, 6) is -0.840. The van der Waals surface area contributed by atoms with Crippen molar-refractivity contribution in [3.05, 3.63) is 0 Å². The van der Waals surface area contributed by atoms with Crippen molar-refractivity contribution in [2.45, 2.75) is 69.3 Å². The lowest BCUT2D eigenvalue weighted by Gasteiger charge is -2.49. The first-order valence-electron chi connectivity index (χ1n) is 10.8. The van der Waals surface area contributed by atoms with Crippen LogP contribution in [0.2, 0.25) is 0 Å². The Balaban J connectivity index is 1.71. The first kappa shape index (κ1) is 23.4. The molecule has 1 saturated carbocycles. The largest absolute Gasteiger partial charge is 0.369 e. The first-order valence-corrected chi connectivity index (χ1v) is 12.8. The van der Waals surface area contributed by atoms with Crippen LogP contribution in [0.25, 0.3) is 0 Å². The van der Waals surface area contributed by atoms with Crippen molar-refractivity contribution in [3.63, 3.8) is 0 Å². The van der Waals surface area contributed by atoms with Crippen LogP contribution in [0.15, 0.2) is 0 Å². The zero-order valence-corrected chi connectivity index (χ0v) is 19.0. The van der Waals surface area contributed by atoms with E-state index in [1.54, 1.807) is 6.92 Å². The van der Waals surface area contributed by atoms with Crippen LogP contribution >= 0.6 is 0 Å². The Bertz CT molecular complexity index is 747. The van der Waals surface area contributed by atoms with E-state index in [0.717, 1.165) is 19.3 Å². The molecule has 6 atom stereocenters. The molecule has 11 heteroatoms. The third kappa shape index (κ3) is 5.31. The molecule has 1 aliphatic carbocycles. The fourth-order valence-electron chi connectivity index (χ4n) is 5.02. The predicted octanol–water partition coefficient (Wildman–Crippen LogP) is -1.61. The summed E-state index contributed by atoms with van der Waals surface area (Å²) in [6, 6.07) is -0.0734. The highest BCUT2D eigenvalue weighted by molar-refractivity contribution is 7.91. The Hall–Kier alpha value is -1.27. The maximum absolute atomic E-state index is 12.3. The Labute approximate surface area is 179 Å². The molecule has 10 nitrogen and oxygen atoms in total. The molecule has 3 fully saturated rings. The maximum atomic E-state index is 12.3. The summed E-state index contributed by atoms with van der Waals surface area (Å²) in [5.41, 5.74) is 5.65. The molecule has 0 aromatic rings. The van der Waals surface area contributed by atoms with Crippen LogP contribution in [-0.2, 0) is 19.4 Å². The number of carbonyl (C=O) groups is 2. The van der Waals surface area contributed by atoms with Gasteiger partial charge in [0, 0.05) is 51.4 Å². The van der Waals surface area contributed by atoms with Gasteiger partial charge in [0.2, 0.25) is 11.8 Å². The van der Waals surface area contributed by atoms with Crippen molar-refractivity contribution >= 4 is 21.7 Å². The van der Waals surface area contributed by atoms with Gasteiger partial charge in [-0.2, -0.15) is 0 Å². The summed E-state index contributed by atoms with van der Waals surface area (Å²) < 4.78 is 24.6. The Morgan fingerprint density at radius 3 is 2.47 bits per heavy atom. The van der Waals surface area contributed by atoms with Gasteiger partial charge in [-0.15, -0.1) is 0 Å². The van der Waals surface area contributed by atoms with E-state index in [1.165, 1.54) is 6.26 Å². The highest BCUT2D eigenvalue weighted by Crippen LogP contribution is 2.25. The van der Waals surface area contributed by atoms with E-state index in [2.05, 4.69) is 27.8 Å². The van der Waals surface area contributed by atoms with Crippen LogP contribution in [-0.4, -0.2) is 92.3 Å². The molecule has 2 saturated heterocycles. The van der Waals surface area contributed by atoms with Crippen molar-refractivity contribution in [1.82, 2.24) is 25.8 Å². The van der Waals surface area contributed by atoms with Crippen molar-refractivity contribution in [1.29, 1.82) is 0 Å². The second-order valence-corrected chi connectivity index (χ2v) is 11.2. The van der Waals surface area contributed by atoms with Gasteiger partial charge in [0.1, 0.15) is 6.29 Å². The molecule has 2 amide bonds. The number of rotatable bonds is 5. The molecular weight excluding hydrogens is 408 g/mol. The topological polar surface area (TPSA) is 137 Å². The van der Waals surface area contributed by atoms with Crippen molar-refractivity contribution in [2.24, 2.45) is 11.7 Å². The minimum Gasteiger partial charge on any atom is -0.369 e. The molecule has 172 valence electrons. The molecular formula is C19H36N6O4S.